The second-order valence-corrected chi connectivity index (χ2v) is 4.94. The van der Waals surface area contributed by atoms with E-state index >= 15 is 0 Å². The summed E-state index contributed by atoms with van der Waals surface area (Å²) in [5.41, 5.74) is 1.31. The highest BCUT2D eigenvalue weighted by Crippen LogP contribution is 2.27. The molecule has 16 heavy (non-hydrogen) atoms. The van der Waals surface area contributed by atoms with Gasteiger partial charge in [0, 0.05) is 5.54 Å². The van der Waals surface area contributed by atoms with Crippen LogP contribution in [0.4, 0.5) is 5.69 Å². The van der Waals surface area contributed by atoms with E-state index in [-0.39, 0.29) is 5.54 Å². The highest BCUT2D eigenvalue weighted by atomic mass is 35.5. The zero-order chi connectivity index (χ0) is 12.2. The number of benzene rings is 1. The molecule has 0 aliphatic rings. The van der Waals surface area contributed by atoms with E-state index in [0.717, 1.165) is 18.5 Å². The molecule has 0 saturated carbocycles. The molecule has 1 aromatic rings. The van der Waals surface area contributed by atoms with E-state index in [1.54, 1.807) is 6.07 Å². The van der Waals surface area contributed by atoms with Crippen molar-refractivity contribution in [2.45, 2.75) is 39.2 Å². The predicted molar refractivity (Wildman–Crippen MR) is 68.8 cm³/mol. The summed E-state index contributed by atoms with van der Waals surface area (Å²) in [5, 5.41) is 12.9. The quantitative estimate of drug-likeness (QED) is 0.851. The summed E-state index contributed by atoms with van der Waals surface area (Å²) in [6.45, 7) is 6.39. The molecule has 0 atom stereocenters. The van der Waals surface area contributed by atoms with Gasteiger partial charge in [-0.25, -0.2) is 0 Å². The van der Waals surface area contributed by atoms with Crippen LogP contribution in [0, 0.1) is 11.3 Å². The van der Waals surface area contributed by atoms with Crippen LogP contribution in [0.3, 0.4) is 0 Å². The average molecular weight is 237 g/mol. The third-order valence-electron chi connectivity index (χ3n) is 2.47. The lowest BCUT2D eigenvalue weighted by molar-refractivity contribution is 0.511. The Morgan fingerprint density at radius 1 is 1.44 bits per heavy atom. The van der Waals surface area contributed by atoms with E-state index in [2.05, 4.69) is 32.2 Å². The first-order chi connectivity index (χ1) is 7.50. The molecule has 1 N–H and O–H groups in total. The minimum absolute atomic E-state index is 0.0228. The van der Waals surface area contributed by atoms with Gasteiger partial charge in [-0.15, -0.1) is 0 Å². The van der Waals surface area contributed by atoms with E-state index in [1.165, 1.54) is 0 Å². The number of nitrogens with zero attached hydrogens (tertiary/aromatic N) is 1. The maximum atomic E-state index is 9.05. The molecule has 0 aliphatic heterocycles. The summed E-state index contributed by atoms with van der Waals surface area (Å²) in [6.07, 6.45) is 2.15. The SMILES string of the molecule is CCCC(C)(C)Nc1cccc(Cl)c1C#N. The van der Waals surface area contributed by atoms with Crippen LogP contribution in [0.15, 0.2) is 18.2 Å². The van der Waals surface area contributed by atoms with Gasteiger partial charge in [-0.3, -0.25) is 0 Å². The first-order valence-electron chi connectivity index (χ1n) is 5.47. The number of hydrogen-bond donors (Lipinski definition) is 1. The molecule has 0 aliphatic carbocycles. The van der Waals surface area contributed by atoms with Gasteiger partial charge >= 0.3 is 0 Å². The van der Waals surface area contributed by atoms with Gasteiger partial charge in [0.15, 0.2) is 0 Å². The van der Waals surface area contributed by atoms with Crippen LogP contribution in [0.25, 0.3) is 0 Å². The third-order valence-corrected chi connectivity index (χ3v) is 2.79. The van der Waals surface area contributed by atoms with Crippen molar-refractivity contribution in [3.05, 3.63) is 28.8 Å². The fourth-order valence-electron chi connectivity index (χ4n) is 1.79. The van der Waals surface area contributed by atoms with Gasteiger partial charge < -0.3 is 5.32 Å². The van der Waals surface area contributed by atoms with Gasteiger partial charge in [0.25, 0.3) is 0 Å². The summed E-state index contributed by atoms with van der Waals surface area (Å²) in [6, 6.07) is 7.61. The van der Waals surface area contributed by atoms with Gasteiger partial charge in [-0.1, -0.05) is 31.0 Å². The van der Waals surface area contributed by atoms with Crippen molar-refractivity contribution in [2.24, 2.45) is 0 Å². The monoisotopic (exact) mass is 236 g/mol. The molecule has 0 aromatic heterocycles. The van der Waals surface area contributed by atoms with Crippen LogP contribution in [0.2, 0.25) is 5.02 Å². The van der Waals surface area contributed by atoms with Crippen LogP contribution < -0.4 is 5.32 Å². The van der Waals surface area contributed by atoms with Crippen LogP contribution in [0.1, 0.15) is 39.2 Å². The molecule has 0 heterocycles. The maximum absolute atomic E-state index is 9.05. The summed E-state index contributed by atoms with van der Waals surface area (Å²) >= 11 is 5.97. The largest absolute Gasteiger partial charge is 0.379 e. The summed E-state index contributed by atoms with van der Waals surface area (Å²) in [5.74, 6) is 0. The number of halogens is 1. The maximum Gasteiger partial charge on any atom is 0.103 e. The minimum Gasteiger partial charge on any atom is -0.379 e. The first-order valence-corrected chi connectivity index (χ1v) is 5.85. The summed E-state index contributed by atoms with van der Waals surface area (Å²) in [4.78, 5) is 0. The minimum atomic E-state index is -0.0228. The molecule has 0 bridgehead atoms. The Bertz CT molecular complexity index is 405. The smallest absolute Gasteiger partial charge is 0.103 e. The second kappa shape index (κ2) is 5.23. The summed E-state index contributed by atoms with van der Waals surface area (Å²) in [7, 11) is 0. The number of hydrogen-bond acceptors (Lipinski definition) is 2. The average Bonchev–Trinajstić information content (AvgIpc) is 2.17. The topological polar surface area (TPSA) is 35.8 Å². The molecule has 0 fully saturated rings. The van der Waals surface area contributed by atoms with E-state index in [9.17, 15) is 0 Å². The Kier molecular flexibility index (Phi) is 4.20. The molecule has 0 unspecified atom stereocenters. The molecule has 0 saturated heterocycles. The standard InChI is InChI=1S/C13H17ClN2/c1-4-8-13(2,3)16-12-7-5-6-11(14)10(12)9-15/h5-7,16H,4,8H2,1-3H3. The van der Waals surface area contributed by atoms with Crippen molar-refractivity contribution in [2.75, 3.05) is 5.32 Å². The molecular weight excluding hydrogens is 220 g/mol. The number of rotatable bonds is 4. The van der Waals surface area contributed by atoms with Crippen molar-refractivity contribution >= 4 is 17.3 Å². The fraction of sp³-hybridized carbons (Fsp3) is 0.462. The summed E-state index contributed by atoms with van der Waals surface area (Å²) < 4.78 is 0. The molecule has 0 radical (unpaired) electrons. The highest BCUT2D eigenvalue weighted by molar-refractivity contribution is 6.32. The zero-order valence-corrected chi connectivity index (χ0v) is 10.7. The Balaban J connectivity index is 2.98. The van der Waals surface area contributed by atoms with Gasteiger partial charge in [-0.05, 0) is 32.4 Å². The molecular formula is C13H17ClN2. The van der Waals surface area contributed by atoms with Crippen molar-refractivity contribution in [1.29, 1.82) is 5.26 Å². The van der Waals surface area contributed by atoms with E-state index in [1.807, 2.05) is 12.1 Å². The zero-order valence-electron chi connectivity index (χ0n) is 9.97. The Morgan fingerprint density at radius 2 is 2.12 bits per heavy atom. The van der Waals surface area contributed by atoms with Crippen LogP contribution in [0.5, 0.6) is 0 Å². The van der Waals surface area contributed by atoms with E-state index < -0.39 is 0 Å². The number of nitrogens with one attached hydrogen (secondary N) is 1. The van der Waals surface area contributed by atoms with Crippen LogP contribution in [-0.4, -0.2) is 5.54 Å². The van der Waals surface area contributed by atoms with Gasteiger partial charge in [0.2, 0.25) is 0 Å². The van der Waals surface area contributed by atoms with Crippen molar-refractivity contribution in [1.82, 2.24) is 0 Å². The van der Waals surface area contributed by atoms with Gasteiger partial charge in [0.1, 0.15) is 6.07 Å². The lowest BCUT2D eigenvalue weighted by Crippen LogP contribution is -2.30. The first kappa shape index (κ1) is 12.9. The van der Waals surface area contributed by atoms with Crippen molar-refractivity contribution in [3.8, 4) is 6.07 Å². The van der Waals surface area contributed by atoms with Gasteiger partial charge in [-0.2, -0.15) is 5.26 Å². The second-order valence-electron chi connectivity index (χ2n) is 4.53. The number of anilines is 1. The van der Waals surface area contributed by atoms with Gasteiger partial charge in [0.05, 0.1) is 16.3 Å². The molecule has 1 rings (SSSR count). The fourth-order valence-corrected chi connectivity index (χ4v) is 2.01. The van der Waals surface area contributed by atoms with Crippen LogP contribution in [-0.2, 0) is 0 Å². The van der Waals surface area contributed by atoms with Crippen molar-refractivity contribution in [3.63, 3.8) is 0 Å². The molecule has 1 aromatic carbocycles. The molecule has 3 heteroatoms. The number of nitriles is 1. The lowest BCUT2D eigenvalue weighted by Gasteiger charge is -2.27. The lowest BCUT2D eigenvalue weighted by atomic mass is 9.98. The molecule has 2 nitrogen and oxygen atoms in total. The molecule has 0 spiro atoms. The molecule has 0 amide bonds. The normalized spacial score (nSPS) is 10.9. The Labute approximate surface area is 102 Å². The van der Waals surface area contributed by atoms with E-state index in [0.29, 0.717) is 10.6 Å². The Hall–Kier alpha value is -1.20. The van der Waals surface area contributed by atoms with Crippen LogP contribution >= 0.6 is 11.6 Å². The predicted octanol–water partition coefficient (Wildman–Crippen LogP) is 4.20. The van der Waals surface area contributed by atoms with Crippen molar-refractivity contribution < 1.29 is 0 Å². The third kappa shape index (κ3) is 3.15. The highest BCUT2D eigenvalue weighted by Gasteiger charge is 2.18. The van der Waals surface area contributed by atoms with E-state index in [4.69, 9.17) is 16.9 Å². The Morgan fingerprint density at radius 3 is 2.69 bits per heavy atom. The molecule has 86 valence electrons.